The Bertz CT molecular complexity index is 502. The van der Waals surface area contributed by atoms with Gasteiger partial charge in [0.15, 0.2) is 0 Å². The number of hydrogen-bond acceptors (Lipinski definition) is 2. The zero-order valence-corrected chi connectivity index (χ0v) is 11.9. The third-order valence-electron chi connectivity index (χ3n) is 5.41. The molecule has 108 valence electrons. The minimum atomic E-state index is -0.0323. The molecule has 0 aromatic heterocycles. The first-order valence-corrected chi connectivity index (χ1v) is 7.90. The first kappa shape index (κ1) is 12.8. The van der Waals surface area contributed by atoms with Gasteiger partial charge in [0.25, 0.3) is 0 Å². The van der Waals surface area contributed by atoms with Gasteiger partial charge in [-0.05, 0) is 50.2 Å². The van der Waals surface area contributed by atoms with Crippen molar-refractivity contribution in [2.45, 2.75) is 56.7 Å². The maximum atomic E-state index is 13.9. The Kier molecular flexibility index (Phi) is 3.08. The standard InChI is InChI=1S/C17H22FNO/c18-16-5-3-4-13-6-8-19(12-15(13)16)14-10-17(11-14)7-1-2-9-20-17/h3-5,14H,1-2,6-12H2. The molecule has 0 amide bonds. The summed E-state index contributed by atoms with van der Waals surface area (Å²) in [6, 6.07) is 6.09. The van der Waals surface area contributed by atoms with Gasteiger partial charge in [0.2, 0.25) is 0 Å². The summed E-state index contributed by atoms with van der Waals surface area (Å²) in [6.45, 7) is 2.78. The average molecular weight is 275 g/mol. The van der Waals surface area contributed by atoms with Crippen molar-refractivity contribution < 1.29 is 9.13 Å². The molecule has 4 rings (SSSR count). The van der Waals surface area contributed by atoms with E-state index in [1.54, 1.807) is 6.07 Å². The molecule has 1 aliphatic carbocycles. The van der Waals surface area contributed by atoms with Gasteiger partial charge in [0.05, 0.1) is 5.60 Å². The van der Waals surface area contributed by atoms with Gasteiger partial charge in [-0.3, -0.25) is 4.90 Å². The van der Waals surface area contributed by atoms with E-state index in [0.717, 1.165) is 44.5 Å². The van der Waals surface area contributed by atoms with E-state index in [1.165, 1.54) is 24.8 Å². The molecule has 1 aromatic carbocycles. The topological polar surface area (TPSA) is 12.5 Å². The molecular weight excluding hydrogens is 253 g/mol. The Hall–Kier alpha value is -0.930. The monoisotopic (exact) mass is 275 g/mol. The van der Waals surface area contributed by atoms with Crippen LogP contribution in [0.3, 0.4) is 0 Å². The molecule has 1 saturated carbocycles. The van der Waals surface area contributed by atoms with Gasteiger partial charge < -0.3 is 4.74 Å². The Morgan fingerprint density at radius 1 is 1.25 bits per heavy atom. The van der Waals surface area contributed by atoms with E-state index in [4.69, 9.17) is 4.74 Å². The summed E-state index contributed by atoms with van der Waals surface area (Å²) in [6.07, 6.45) is 7.03. The molecule has 1 spiro atoms. The second-order valence-corrected chi connectivity index (χ2v) is 6.65. The summed E-state index contributed by atoms with van der Waals surface area (Å²) in [4.78, 5) is 2.47. The number of rotatable bonds is 1. The number of ether oxygens (including phenoxy) is 1. The fraction of sp³-hybridized carbons (Fsp3) is 0.647. The van der Waals surface area contributed by atoms with Crippen LogP contribution < -0.4 is 0 Å². The second-order valence-electron chi connectivity index (χ2n) is 6.65. The maximum absolute atomic E-state index is 13.9. The molecule has 3 aliphatic rings. The summed E-state index contributed by atoms with van der Waals surface area (Å²) < 4.78 is 19.9. The number of halogens is 1. The predicted molar refractivity (Wildman–Crippen MR) is 76.1 cm³/mol. The summed E-state index contributed by atoms with van der Waals surface area (Å²) in [5, 5.41) is 0. The summed E-state index contributed by atoms with van der Waals surface area (Å²) in [5.41, 5.74) is 2.30. The minimum Gasteiger partial charge on any atom is -0.375 e. The molecule has 0 atom stereocenters. The molecular formula is C17H22FNO. The second kappa shape index (κ2) is 4.81. The zero-order chi connectivity index (χ0) is 13.6. The molecule has 0 N–H and O–H groups in total. The smallest absolute Gasteiger partial charge is 0.127 e. The Labute approximate surface area is 119 Å². The summed E-state index contributed by atoms with van der Waals surface area (Å²) in [5.74, 6) is -0.0323. The molecule has 1 aromatic rings. The van der Waals surface area contributed by atoms with Gasteiger partial charge in [-0.15, -0.1) is 0 Å². The van der Waals surface area contributed by atoms with Crippen molar-refractivity contribution in [2.24, 2.45) is 0 Å². The van der Waals surface area contributed by atoms with Crippen molar-refractivity contribution >= 4 is 0 Å². The average Bonchev–Trinajstić information content (AvgIpc) is 2.46. The lowest BCUT2D eigenvalue weighted by molar-refractivity contribution is -0.162. The van der Waals surface area contributed by atoms with Gasteiger partial charge in [-0.25, -0.2) is 4.39 Å². The highest BCUT2D eigenvalue weighted by molar-refractivity contribution is 5.31. The molecule has 2 fully saturated rings. The molecule has 2 nitrogen and oxygen atoms in total. The molecule has 1 saturated heterocycles. The van der Waals surface area contributed by atoms with Gasteiger partial charge in [0.1, 0.15) is 5.82 Å². The van der Waals surface area contributed by atoms with Crippen molar-refractivity contribution in [3.8, 4) is 0 Å². The van der Waals surface area contributed by atoms with Crippen LogP contribution in [0.5, 0.6) is 0 Å². The van der Waals surface area contributed by atoms with Crippen LogP contribution in [0.1, 0.15) is 43.2 Å². The molecule has 20 heavy (non-hydrogen) atoms. The van der Waals surface area contributed by atoms with E-state index in [9.17, 15) is 4.39 Å². The molecule has 0 radical (unpaired) electrons. The van der Waals surface area contributed by atoms with Crippen LogP contribution in [0.2, 0.25) is 0 Å². The van der Waals surface area contributed by atoms with Gasteiger partial charge in [-0.1, -0.05) is 12.1 Å². The van der Waals surface area contributed by atoms with E-state index in [2.05, 4.69) is 11.0 Å². The summed E-state index contributed by atoms with van der Waals surface area (Å²) in [7, 11) is 0. The highest BCUT2D eigenvalue weighted by atomic mass is 19.1. The minimum absolute atomic E-state index is 0.0323. The SMILES string of the molecule is Fc1cccc2c1CN(C1CC3(CCCCO3)C1)CC2. The first-order valence-electron chi connectivity index (χ1n) is 7.90. The van der Waals surface area contributed by atoms with Crippen LogP contribution in [0.25, 0.3) is 0 Å². The third-order valence-corrected chi connectivity index (χ3v) is 5.41. The van der Waals surface area contributed by atoms with Crippen LogP contribution >= 0.6 is 0 Å². The lowest BCUT2D eigenvalue weighted by Gasteiger charge is -2.54. The van der Waals surface area contributed by atoms with E-state index in [1.807, 2.05) is 6.07 Å². The lowest BCUT2D eigenvalue weighted by atomic mass is 9.70. The number of fused-ring (bicyclic) bond motifs is 1. The van der Waals surface area contributed by atoms with Gasteiger partial charge >= 0.3 is 0 Å². The largest absolute Gasteiger partial charge is 0.375 e. The Morgan fingerprint density at radius 2 is 2.15 bits per heavy atom. The van der Waals surface area contributed by atoms with Crippen molar-refractivity contribution in [1.29, 1.82) is 0 Å². The van der Waals surface area contributed by atoms with E-state index >= 15 is 0 Å². The maximum Gasteiger partial charge on any atom is 0.127 e. The molecule has 0 unspecified atom stereocenters. The molecule has 2 heterocycles. The van der Waals surface area contributed by atoms with E-state index < -0.39 is 0 Å². The van der Waals surface area contributed by atoms with E-state index in [0.29, 0.717) is 6.04 Å². The van der Waals surface area contributed by atoms with Crippen LogP contribution in [-0.4, -0.2) is 29.7 Å². The van der Waals surface area contributed by atoms with Gasteiger partial charge in [0, 0.05) is 31.3 Å². The number of hydrogen-bond donors (Lipinski definition) is 0. The van der Waals surface area contributed by atoms with Crippen molar-refractivity contribution in [3.63, 3.8) is 0 Å². The Balaban J connectivity index is 1.44. The quantitative estimate of drug-likeness (QED) is 0.780. The number of benzene rings is 1. The highest BCUT2D eigenvalue weighted by Gasteiger charge is 2.48. The zero-order valence-electron chi connectivity index (χ0n) is 11.9. The summed E-state index contributed by atoms with van der Waals surface area (Å²) >= 11 is 0. The fourth-order valence-electron chi connectivity index (χ4n) is 4.16. The van der Waals surface area contributed by atoms with Crippen molar-refractivity contribution in [2.75, 3.05) is 13.2 Å². The normalized spacial score (nSPS) is 33.8. The predicted octanol–water partition coefficient (Wildman–Crippen LogP) is 3.29. The molecule has 2 aliphatic heterocycles. The van der Waals surface area contributed by atoms with Crippen LogP contribution in [0.4, 0.5) is 4.39 Å². The molecule has 0 bridgehead atoms. The van der Waals surface area contributed by atoms with Crippen LogP contribution in [0.15, 0.2) is 18.2 Å². The van der Waals surface area contributed by atoms with Crippen LogP contribution in [0, 0.1) is 5.82 Å². The van der Waals surface area contributed by atoms with Crippen molar-refractivity contribution in [1.82, 2.24) is 4.90 Å². The lowest BCUT2D eigenvalue weighted by Crippen LogP contribution is -2.58. The highest BCUT2D eigenvalue weighted by Crippen LogP contribution is 2.45. The number of nitrogens with zero attached hydrogens (tertiary/aromatic N) is 1. The Morgan fingerprint density at radius 3 is 2.95 bits per heavy atom. The third kappa shape index (κ3) is 2.08. The molecule has 3 heteroatoms. The van der Waals surface area contributed by atoms with E-state index in [-0.39, 0.29) is 11.4 Å². The first-order chi connectivity index (χ1) is 9.76. The van der Waals surface area contributed by atoms with Gasteiger partial charge in [-0.2, -0.15) is 0 Å². The fourth-order valence-corrected chi connectivity index (χ4v) is 4.16. The van der Waals surface area contributed by atoms with Crippen LogP contribution in [-0.2, 0) is 17.7 Å². The van der Waals surface area contributed by atoms with Crippen molar-refractivity contribution in [3.05, 3.63) is 35.1 Å².